The van der Waals surface area contributed by atoms with Gasteiger partial charge in [0.15, 0.2) is 0 Å². The average Bonchev–Trinajstić information content (AvgIpc) is 2.85. The van der Waals surface area contributed by atoms with E-state index in [4.69, 9.17) is 0 Å². The number of pyridine rings is 1. The lowest BCUT2D eigenvalue weighted by atomic mass is 10.2. The molecule has 2 rings (SSSR count). The van der Waals surface area contributed by atoms with Crippen LogP contribution >= 0.6 is 11.3 Å². The summed E-state index contributed by atoms with van der Waals surface area (Å²) in [4.78, 5) is 21.6. The molecule has 0 saturated heterocycles. The van der Waals surface area contributed by atoms with Crippen molar-refractivity contribution in [2.45, 2.75) is 26.7 Å². The molecule has 5 heteroatoms. The zero-order valence-corrected chi connectivity index (χ0v) is 12.0. The molecule has 4 nitrogen and oxygen atoms in total. The van der Waals surface area contributed by atoms with E-state index in [0.29, 0.717) is 11.4 Å². The molecule has 1 N–H and O–H groups in total. The number of aryl methyl sites for hydroxylation is 1. The minimum Gasteiger partial charge on any atom is -0.352 e. The van der Waals surface area contributed by atoms with Crippen molar-refractivity contribution in [2.75, 3.05) is 6.54 Å². The van der Waals surface area contributed by atoms with Gasteiger partial charge in [-0.3, -0.25) is 9.78 Å². The van der Waals surface area contributed by atoms with E-state index in [-0.39, 0.29) is 5.91 Å². The van der Waals surface area contributed by atoms with Crippen molar-refractivity contribution in [3.8, 4) is 10.7 Å². The molecule has 1 amide bonds. The predicted molar refractivity (Wildman–Crippen MR) is 77.3 cm³/mol. The van der Waals surface area contributed by atoms with Crippen LogP contribution in [0.1, 0.15) is 35.6 Å². The first-order chi connectivity index (χ1) is 9.26. The van der Waals surface area contributed by atoms with Gasteiger partial charge < -0.3 is 5.32 Å². The van der Waals surface area contributed by atoms with Crippen molar-refractivity contribution >= 4 is 17.2 Å². The summed E-state index contributed by atoms with van der Waals surface area (Å²) in [5, 5.41) is 3.65. The second-order valence-electron chi connectivity index (χ2n) is 4.12. The minimum atomic E-state index is -0.0365. The van der Waals surface area contributed by atoms with Gasteiger partial charge in [0.1, 0.15) is 9.88 Å². The second kappa shape index (κ2) is 6.43. The summed E-state index contributed by atoms with van der Waals surface area (Å²) in [5.74, 6) is -0.0365. The average molecular weight is 275 g/mol. The van der Waals surface area contributed by atoms with Gasteiger partial charge in [-0.2, -0.15) is 0 Å². The standard InChI is InChI=1S/C14H17N3OS/c1-3-7-10-12(13(18)15-4-2)19-14(17-10)11-8-5-6-9-16-11/h5-6,8-9H,3-4,7H2,1-2H3,(H,15,18). The van der Waals surface area contributed by atoms with Crippen molar-refractivity contribution < 1.29 is 4.79 Å². The number of thiazole rings is 1. The number of carbonyl (C=O) groups is 1. The lowest BCUT2D eigenvalue weighted by Crippen LogP contribution is -2.22. The highest BCUT2D eigenvalue weighted by atomic mass is 32.1. The topological polar surface area (TPSA) is 54.9 Å². The van der Waals surface area contributed by atoms with E-state index in [1.807, 2.05) is 25.1 Å². The van der Waals surface area contributed by atoms with Gasteiger partial charge in [-0.05, 0) is 25.5 Å². The van der Waals surface area contributed by atoms with Gasteiger partial charge in [0, 0.05) is 12.7 Å². The summed E-state index contributed by atoms with van der Waals surface area (Å²) in [6.45, 7) is 4.63. The summed E-state index contributed by atoms with van der Waals surface area (Å²) in [7, 11) is 0. The van der Waals surface area contributed by atoms with Crippen molar-refractivity contribution in [1.29, 1.82) is 0 Å². The van der Waals surface area contributed by atoms with E-state index >= 15 is 0 Å². The fourth-order valence-corrected chi connectivity index (χ4v) is 2.78. The Bertz CT molecular complexity index is 551. The quantitative estimate of drug-likeness (QED) is 0.912. The molecule has 0 aliphatic rings. The molecule has 2 heterocycles. The van der Waals surface area contributed by atoms with Gasteiger partial charge in [0.25, 0.3) is 5.91 Å². The molecule has 0 aliphatic carbocycles. The number of amides is 1. The van der Waals surface area contributed by atoms with E-state index in [9.17, 15) is 4.79 Å². The van der Waals surface area contributed by atoms with E-state index in [1.54, 1.807) is 6.20 Å². The molecule has 0 saturated carbocycles. The first-order valence-electron chi connectivity index (χ1n) is 6.45. The maximum atomic E-state index is 12.0. The first-order valence-corrected chi connectivity index (χ1v) is 7.27. The molecule has 19 heavy (non-hydrogen) atoms. The molecule has 0 unspecified atom stereocenters. The smallest absolute Gasteiger partial charge is 0.263 e. The Kier molecular flexibility index (Phi) is 4.63. The highest BCUT2D eigenvalue weighted by Gasteiger charge is 2.18. The maximum absolute atomic E-state index is 12.0. The van der Waals surface area contributed by atoms with Crippen LogP contribution in [-0.2, 0) is 6.42 Å². The molecule has 0 radical (unpaired) electrons. The number of hydrogen-bond acceptors (Lipinski definition) is 4. The largest absolute Gasteiger partial charge is 0.352 e. The van der Waals surface area contributed by atoms with Crippen LogP contribution < -0.4 is 5.32 Å². The third-order valence-electron chi connectivity index (χ3n) is 2.61. The van der Waals surface area contributed by atoms with Crippen LogP contribution in [0.5, 0.6) is 0 Å². The van der Waals surface area contributed by atoms with Crippen molar-refractivity contribution in [3.05, 3.63) is 35.0 Å². The number of nitrogens with zero attached hydrogens (tertiary/aromatic N) is 2. The summed E-state index contributed by atoms with van der Waals surface area (Å²) in [6, 6.07) is 5.71. The fourth-order valence-electron chi connectivity index (χ4n) is 1.78. The predicted octanol–water partition coefficient (Wildman–Crippen LogP) is 2.91. The number of aromatic nitrogens is 2. The molecule has 0 fully saturated rings. The van der Waals surface area contributed by atoms with Gasteiger partial charge in [-0.1, -0.05) is 19.4 Å². The Labute approximate surface area is 116 Å². The van der Waals surface area contributed by atoms with Gasteiger partial charge in [0.2, 0.25) is 0 Å². The second-order valence-corrected chi connectivity index (χ2v) is 5.12. The van der Waals surface area contributed by atoms with Crippen molar-refractivity contribution in [3.63, 3.8) is 0 Å². The van der Waals surface area contributed by atoms with E-state index in [0.717, 1.165) is 29.2 Å². The van der Waals surface area contributed by atoms with Crippen LogP contribution in [0.4, 0.5) is 0 Å². The Hall–Kier alpha value is -1.75. The van der Waals surface area contributed by atoms with E-state index in [1.165, 1.54) is 11.3 Å². The van der Waals surface area contributed by atoms with Gasteiger partial charge >= 0.3 is 0 Å². The Morgan fingerprint density at radius 1 is 1.37 bits per heavy atom. The van der Waals surface area contributed by atoms with Crippen LogP contribution in [0.15, 0.2) is 24.4 Å². The Morgan fingerprint density at radius 2 is 2.21 bits per heavy atom. The first kappa shape index (κ1) is 13.7. The van der Waals surface area contributed by atoms with Crippen molar-refractivity contribution in [2.24, 2.45) is 0 Å². The normalized spacial score (nSPS) is 10.4. The maximum Gasteiger partial charge on any atom is 0.263 e. The monoisotopic (exact) mass is 275 g/mol. The number of hydrogen-bond donors (Lipinski definition) is 1. The third kappa shape index (κ3) is 3.17. The molecule has 0 atom stereocenters. The molecule has 0 spiro atoms. The molecule has 2 aromatic heterocycles. The van der Waals surface area contributed by atoms with Gasteiger partial charge in [0.05, 0.1) is 11.4 Å². The Balaban J connectivity index is 2.37. The molecule has 0 aromatic carbocycles. The van der Waals surface area contributed by atoms with Gasteiger partial charge in [-0.15, -0.1) is 11.3 Å². The highest BCUT2D eigenvalue weighted by molar-refractivity contribution is 7.17. The number of nitrogens with one attached hydrogen (secondary N) is 1. The Morgan fingerprint density at radius 3 is 2.84 bits per heavy atom. The number of rotatable bonds is 5. The van der Waals surface area contributed by atoms with Crippen LogP contribution in [0.2, 0.25) is 0 Å². The molecule has 100 valence electrons. The SMILES string of the molecule is CCCc1nc(-c2ccccn2)sc1C(=O)NCC. The summed E-state index contributed by atoms with van der Waals surface area (Å²) in [5.41, 5.74) is 1.69. The lowest BCUT2D eigenvalue weighted by Gasteiger charge is -2.00. The zero-order valence-electron chi connectivity index (χ0n) is 11.1. The van der Waals surface area contributed by atoms with Crippen molar-refractivity contribution in [1.82, 2.24) is 15.3 Å². The van der Waals surface area contributed by atoms with Crippen LogP contribution in [0.25, 0.3) is 10.7 Å². The van der Waals surface area contributed by atoms with Crippen LogP contribution in [0, 0.1) is 0 Å². The van der Waals surface area contributed by atoms with Crippen LogP contribution in [0.3, 0.4) is 0 Å². The molecule has 0 bridgehead atoms. The summed E-state index contributed by atoms with van der Waals surface area (Å²) in [6.07, 6.45) is 3.52. The third-order valence-corrected chi connectivity index (χ3v) is 3.73. The van der Waals surface area contributed by atoms with Crippen LogP contribution in [-0.4, -0.2) is 22.4 Å². The summed E-state index contributed by atoms with van der Waals surface area (Å²) >= 11 is 1.41. The van der Waals surface area contributed by atoms with E-state index < -0.39 is 0 Å². The molecule has 0 aliphatic heterocycles. The molecular weight excluding hydrogens is 258 g/mol. The minimum absolute atomic E-state index is 0.0365. The summed E-state index contributed by atoms with van der Waals surface area (Å²) < 4.78 is 0. The molecule has 2 aromatic rings. The van der Waals surface area contributed by atoms with E-state index in [2.05, 4.69) is 22.2 Å². The van der Waals surface area contributed by atoms with Gasteiger partial charge in [-0.25, -0.2) is 4.98 Å². The highest BCUT2D eigenvalue weighted by Crippen LogP contribution is 2.27. The molecular formula is C14H17N3OS. The fraction of sp³-hybridized carbons (Fsp3) is 0.357. The lowest BCUT2D eigenvalue weighted by molar-refractivity contribution is 0.0958. The zero-order chi connectivity index (χ0) is 13.7. The number of carbonyl (C=O) groups excluding carboxylic acids is 1.